The number of unbranched alkanes of at least 4 members (excludes halogenated alkanes) is 16. The second-order valence-electron chi connectivity index (χ2n) is 15.0. The molecule has 3 atom stereocenters. The Bertz CT molecular complexity index is 927. The predicted molar refractivity (Wildman–Crippen MR) is 221 cm³/mol. The van der Waals surface area contributed by atoms with Gasteiger partial charge in [-0.15, -0.1) is 0 Å². The smallest absolute Gasteiger partial charge is 0.305 e. The first-order chi connectivity index (χ1) is 26.5. The van der Waals surface area contributed by atoms with Crippen molar-refractivity contribution in [2.45, 2.75) is 199 Å². The quantitative estimate of drug-likeness (QED) is 0.0369. The largest absolute Gasteiger partial charge is 0.465 e. The molecule has 8 nitrogen and oxygen atoms in total. The lowest BCUT2D eigenvalue weighted by molar-refractivity contribution is -0.228. The molecule has 0 aromatic heterocycles. The van der Waals surface area contributed by atoms with Gasteiger partial charge in [0.05, 0.1) is 44.6 Å². The van der Waals surface area contributed by atoms with Gasteiger partial charge in [0.1, 0.15) is 0 Å². The van der Waals surface area contributed by atoms with Gasteiger partial charge in [0.25, 0.3) is 0 Å². The zero-order valence-electron chi connectivity index (χ0n) is 34.5. The molecular weight excluding hydrogens is 680 g/mol. The molecule has 1 aliphatic heterocycles. The third-order valence-corrected chi connectivity index (χ3v) is 9.69. The second-order valence-corrected chi connectivity index (χ2v) is 15.0. The van der Waals surface area contributed by atoms with Gasteiger partial charge in [0.2, 0.25) is 0 Å². The fourth-order valence-electron chi connectivity index (χ4n) is 6.29. The van der Waals surface area contributed by atoms with Crippen LogP contribution >= 0.6 is 0 Å². The summed E-state index contributed by atoms with van der Waals surface area (Å²) in [6, 6.07) is 0. The highest BCUT2D eigenvalue weighted by Crippen LogP contribution is 2.21. The maximum atomic E-state index is 12.5. The number of esters is 2. The highest BCUT2D eigenvalue weighted by atomic mass is 16.7. The van der Waals surface area contributed by atoms with Crippen molar-refractivity contribution in [1.82, 2.24) is 0 Å². The maximum absolute atomic E-state index is 12.5. The number of aliphatic hydroxyl groups is 2. The van der Waals surface area contributed by atoms with Crippen LogP contribution in [-0.2, 0) is 28.5 Å². The molecule has 8 heteroatoms. The summed E-state index contributed by atoms with van der Waals surface area (Å²) in [5, 5.41) is 19.6. The van der Waals surface area contributed by atoms with Gasteiger partial charge in [-0.2, -0.15) is 0 Å². The lowest BCUT2D eigenvalue weighted by Crippen LogP contribution is -2.40. The molecule has 0 aromatic carbocycles. The molecule has 1 fully saturated rings. The number of aliphatic hydroxyl groups excluding tert-OH is 2. The van der Waals surface area contributed by atoms with E-state index in [1.165, 1.54) is 51.4 Å². The van der Waals surface area contributed by atoms with Crippen LogP contribution in [-0.4, -0.2) is 67.1 Å². The Hall–Kier alpha value is -2.26. The highest BCUT2D eigenvalue weighted by molar-refractivity contribution is 5.69. The van der Waals surface area contributed by atoms with Crippen molar-refractivity contribution in [3.63, 3.8) is 0 Å². The number of rotatable bonds is 36. The molecule has 0 aliphatic carbocycles. The fourth-order valence-corrected chi connectivity index (χ4v) is 6.29. The third kappa shape index (κ3) is 32.0. The number of carbonyl (C=O) groups is 2. The molecule has 1 rings (SSSR count). The number of ether oxygens (including phenoxy) is 4. The average Bonchev–Trinajstić information content (AvgIpc) is 3.17. The topological polar surface area (TPSA) is 112 Å². The molecule has 1 heterocycles. The van der Waals surface area contributed by atoms with Gasteiger partial charge < -0.3 is 29.2 Å². The van der Waals surface area contributed by atoms with Crippen LogP contribution in [0, 0.1) is 5.92 Å². The van der Waals surface area contributed by atoms with Gasteiger partial charge in [0.15, 0.2) is 6.29 Å². The van der Waals surface area contributed by atoms with Gasteiger partial charge in [0, 0.05) is 25.7 Å². The van der Waals surface area contributed by atoms with E-state index in [1.807, 2.05) is 0 Å². The molecule has 2 N–H and O–H groups in total. The van der Waals surface area contributed by atoms with Crippen molar-refractivity contribution in [3.8, 4) is 0 Å². The van der Waals surface area contributed by atoms with Crippen molar-refractivity contribution < 1.29 is 38.7 Å². The summed E-state index contributed by atoms with van der Waals surface area (Å²) in [6.07, 6.45) is 42.5. The Morgan fingerprint density at radius 1 is 0.593 bits per heavy atom. The lowest BCUT2D eigenvalue weighted by atomic mass is 10.1. The van der Waals surface area contributed by atoms with E-state index in [0.717, 1.165) is 89.9 Å². The predicted octanol–water partition coefficient (Wildman–Crippen LogP) is 11.2. The molecule has 0 unspecified atom stereocenters. The molecule has 1 saturated heterocycles. The molecule has 54 heavy (non-hydrogen) atoms. The first-order valence-electron chi connectivity index (χ1n) is 22.0. The SMILES string of the molecule is CCCCC/C=C\C/C=C\CCCCCCCC(=O)OCC(COC(=O)CCCCCCC/C=C\C/C=C\CCCCC)CO[C@H]1C[C@@H](O)C[C@@H](CO)O1. The number of allylic oxidation sites excluding steroid dienone is 8. The van der Waals surface area contributed by atoms with Gasteiger partial charge in [-0.3, -0.25) is 9.59 Å². The van der Waals surface area contributed by atoms with E-state index in [2.05, 4.69) is 62.5 Å². The van der Waals surface area contributed by atoms with E-state index in [-0.39, 0.29) is 44.3 Å². The van der Waals surface area contributed by atoms with Crippen LogP contribution in [0.1, 0.15) is 181 Å². The van der Waals surface area contributed by atoms with Crippen LogP contribution in [0.5, 0.6) is 0 Å². The van der Waals surface area contributed by atoms with Crippen molar-refractivity contribution in [2.24, 2.45) is 5.92 Å². The first kappa shape index (κ1) is 49.8. The summed E-state index contributed by atoms with van der Waals surface area (Å²) >= 11 is 0. The lowest BCUT2D eigenvalue weighted by Gasteiger charge is -2.32. The molecule has 0 bridgehead atoms. The van der Waals surface area contributed by atoms with Gasteiger partial charge in [-0.05, 0) is 77.0 Å². The zero-order chi connectivity index (χ0) is 39.2. The first-order valence-corrected chi connectivity index (χ1v) is 22.0. The van der Waals surface area contributed by atoms with Crippen LogP contribution in [0.3, 0.4) is 0 Å². The minimum atomic E-state index is -0.680. The Morgan fingerprint density at radius 3 is 1.46 bits per heavy atom. The summed E-state index contributed by atoms with van der Waals surface area (Å²) in [6.45, 7) is 4.57. The molecule has 312 valence electrons. The van der Waals surface area contributed by atoms with Crippen LogP contribution in [0.2, 0.25) is 0 Å². The second kappa shape index (κ2) is 37.7. The standard InChI is InChI=1S/C46H80O8/c1-3-5-7-9-11-13-15-17-19-21-23-25-27-29-31-33-44(49)51-38-41(40-53-46-36-42(48)35-43(37-47)54-46)39-52-45(50)34-32-30-28-26-24-22-20-18-16-14-12-10-8-6-4-2/h11-14,17-20,41-43,46-48H,3-10,15-16,21-40H2,1-2H3/b13-11-,14-12-,19-17-,20-18-/t42-,43-,46+/m0/s1. The fraction of sp³-hybridized carbons (Fsp3) is 0.783. The average molecular weight is 761 g/mol. The summed E-state index contributed by atoms with van der Waals surface area (Å²) in [5.74, 6) is -0.874. The van der Waals surface area contributed by atoms with E-state index < -0.39 is 18.5 Å². The maximum Gasteiger partial charge on any atom is 0.305 e. The summed E-state index contributed by atoms with van der Waals surface area (Å²) in [7, 11) is 0. The van der Waals surface area contributed by atoms with Crippen molar-refractivity contribution in [3.05, 3.63) is 48.6 Å². The van der Waals surface area contributed by atoms with Gasteiger partial charge in [-0.25, -0.2) is 0 Å². The Morgan fingerprint density at radius 2 is 1.02 bits per heavy atom. The van der Waals surface area contributed by atoms with Crippen molar-refractivity contribution >= 4 is 11.9 Å². The monoisotopic (exact) mass is 761 g/mol. The van der Waals surface area contributed by atoms with E-state index in [1.54, 1.807) is 0 Å². The highest BCUT2D eigenvalue weighted by Gasteiger charge is 2.29. The number of hydrogen-bond acceptors (Lipinski definition) is 8. The minimum absolute atomic E-state index is 0.0781. The zero-order valence-corrected chi connectivity index (χ0v) is 34.5. The van der Waals surface area contributed by atoms with Gasteiger partial charge in [-0.1, -0.05) is 127 Å². The normalized spacial score (nSPS) is 17.9. The van der Waals surface area contributed by atoms with Gasteiger partial charge >= 0.3 is 11.9 Å². The molecule has 0 amide bonds. The van der Waals surface area contributed by atoms with Crippen LogP contribution in [0.15, 0.2) is 48.6 Å². The molecule has 0 saturated carbocycles. The van der Waals surface area contributed by atoms with Crippen LogP contribution in [0.25, 0.3) is 0 Å². The molecule has 0 aromatic rings. The van der Waals surface area contributed by atoms with E-state index >= 15 is 0 Å². The van der Waals surface area contributed by atoms with Crippen molar-refractivity contribution in [2.75, 3.05) is 26.4 Å². The Labute approximate surface area is 330 Å². The number of carbonyl (C=O) groups excluding carboxylic acids is 2. The van der Waals surface area contributed by atoms with E-state index in [4.69, 9.17) is 18.9 Å². The Balaban J connectivity index is 2.27. The van der Waals surface area contributed by atoms with Crippen LogP contribution in [0.4, 0.5) is 0 Å². The van der Waals surface area contributed by atoms with Crippen LogP contribution < -0.4 is 0 Å². The Kier molecular flexibility index (Phi) is 34.7. The summed E-state index contributed by atoms with van der Waals surface area (Å²) in [4.78, 5) is 25.1. The minimum Gasteiger partial charge on any atom is -0.465 e. The van der Waals surface area contributed by atoms with E-state index in [9.17, 15) is 19.8 Å². The third-order valence-electron chi connectivity index (χ3n) is 9.69. The molecule has 0 spiro atoms. The van der Waals surface area contributed by atoms with E-state index in [0.29, 0.717) is 25.7 Å². The molecule has 0 radical (unpaired) electrons. The molecular formula is C46H80O8. The van der Waals surface area contributed by atoms with Crippen molar-refractivity contribution in [1.29, 1.82) is 0 Å². The molecule has 1 aliphatic rings. The summed E-state index contributed by atoms with van der Waals surface area (Å²) in [5.41, 5.74) is 0. The number of hydrogen-bond donors (Lipinski definition) is 2. The summed E-state index contributed by atoms with van der Waals surface area (Å²) < 4.78 is 22.8.